The molecule has 2 aromatic rings. The molecular formula is C15H11N3O2. The molecule has 1 aromatic carbocycles. The Kier molecular flexibility index (Phi) is 3.83. The van der Waals surface area contributed by atoms with Gasteiger partial charge in [-0.05, 0) is 42.0 Å². The highest BCUT2D eigenvalue weighted by Gasteiger charge is 2.10. The van der Waals surface area contributed by atoms with Gasteiger partial charge in [-0.25, -0.2) is 0 Å². The molecule has 0 spiro atoms. The summed E-state index contributed by atoms with van der Waals surface area (Å²) in [6.07, 6.45) is 0. The van der Waals surface area contributed by atoms with Crippen molar-refractivity contribution in [2.75, 3.05) is 7.11 Å². The summed E-state index contributed by atoms with van der Waals surface area (Å²) in [5.41, 5.74) is 0.945. The Morgan fingerprint density at radius 3 is 2.40 bits per heavy atom. The normalized spacial score (nSPS) is 9.55. The third-order valence-electron chi connectivity index (χ3n) is 2.91. The lowest BCUT2D eigenvalue weighted by Gasteiger charge is -2.10. The molecule has 0 saturated carbocycles. The van der Waals surface area contributed by atoms with Gasteiger partial charge >= 0.3 is 0 Å². The summed E-state index contributed by atoms with van der Waals surface area (Å²) < 4.78 is 6.37. The summed E-state index contributed by atoms with van der Waals surface area (Å²) in [6, 6.07) is 14.0. The molecule has 98 valence electrons. The van der Waals surface area contributed by atoms with Gasteiger partial charge in [0.2, 0.25) is 0 Å². The van der Waals surface area contributed by atoms with Gasteiger partial charge in [-0.15, -0.1) is 0 Å². The Balaban J connectivity index is 2.61. The van der Waals surface area contributed by atoms with Crippen LogP contribution >= 0.6 is 0 Å². The monoisotopic (exact) mass is 265 g/mol. The minimum absolute atomic E-state index is 0.0255. The molecule has 0 aliphatic rings. The first-order chi connectivity index (χ1) is 9.71. The van der Waals surface area contributed by atoms with Crippen LogP contribution in [0.1, 0.15) is 5.56 Å². The third-order valence-corrected chi connectivity index (χ3v) is 2.91. The molecule has 5 nitrogen and oxygen atoms in total. The maximum absolute atomic E-state index is 12.1. The van der Waals surface area contributed by atoms with Gasteiger partial charge in [-0.3, -0.25) is 9.36 Å². The molecule has 0 amide bonds. The van der Waals surface area contributed by atoms with E-state index in [-0.39, 0.29) is 12.1 Å². The van der Waals surface area contributed by atoms with Crippen molar-refractivity contribution in [3.8, 4) is 29.1 Å². The number of aromatic nitrogens is 1. The number of nitriles is 2. The fourth-order valence-electron chi connectivity index (χ4n) is 1.90. The second kappa shape index (κ2) is 5.73. The minimum Gasteiger partial charge on any atom is -0.497 e. The van der Waals surface area contributed by atoms with E-state index in [0.29, 0.717) is 11.4 Å². The largest absolute Gasteiger partial charge is 0.497 e. The van der Waals surface area contributed by atoms with Crippen molar-refractivity contribution >= 4 is 0 Å². The summed E-state index contributed by atoms with van der Waals surface area (Å²) in [5.74, 6) is 0.705. The van der Waals surface area contributed by atoms with E-state index in [4.69, 9.17) is 15.3 Å². The highest BCUT2D eigenvalue weighted by molar-refractivity contribution is 5.61. The molecule has 0 radical (unpaired) electrons. The zero-order valence-electron chi connectivity index (χ0n) is 10.8. The molecular weight excluding hydrogens is 254 g/mol. The van der Waals surface area contributed by atoms with Crippen molar-refractivity contribution in [1.29, 1.82) is 10.5 Å². The molecule has 0 fully saturated rings. The molecule has 0 N–H and O–H groups in total. The molecule has 0 bridgehead atoms. The van der Waals surface area contributed by atoms with Crippen LogP contribution in [0, 0.1) is 22.7 Å². The average Bonchev–Trinajstić information content (AvgIpc) is 2.49. The maximum atomic E-state index is 12.1. The number of benzene rings is 1. The van der Waals surface area contributed by atoms with E-state index in [1.807, 2.05) is 12.1 Å². The fraction of sp³-hybridized carbons (Fsp3) is 0.133. The van der Waals surface area contributed by atoms with Crippen LogP contribution in [0.5, 0.6) is 5.75 Å². The Morgan fingerprint density at radius 1 is 1.15 bits per heavy atom. The third kappa shape index (κ3) is 2.38. The summed E-state index contributed by atoms with van der Waals surface area (Å²) in [4.78, 5) is 12.1. The lowest BCUT2D eigenvalue weighted by molar-refractivity contribution is 0.415. The predicted octanol–water partition coefficient (Wildman–Crippen LogP) is 1.92. The molecule has 1 heterocycles. The summed E-state index contributed by atoms with van der Waals surface area (Å²) in [6.45, 7) is -0.101. The van der Waals surface area contributed by atoms with Crippen LogP contribution in [0.25, 0.3) is 11.3 Å². The SMILES string of the molecule is COc1ccc(-c2ccc(C#N)c(=O)n2CC#N)cc1. The number of pyridine rings is 1. The standard InChI is InChI=1S/C15H11N3O2/c1-20-13-5-2-11(3-6-13)14-7-4-12(10-17)15(19)18(14)9-8-16/h2-7H,9H2,1H3. The van der Waals surface area contributed by atoms with Crippen molar-refractivity contribution in [2.24, 2.45) is 0 Å². The predicted molar refractivity (Wildman–Crippen MR) is 73.0 cm³/mol. The van der Waals surface area contributed by atoms with Gasteiger partial charge in [0, 0.05) is 0 Å². The van der Waals surface area contributed by atoms with Crippen LogP contribution < -0.4 is 10.3 Å². The Bertz CT molecular complexity index is 762. The Morgan fingerprint density at radius 2 is 1.85 bits per heavy atom. The van der Waals surface area contributed by atoms with E-state index in [2.05, 4.69) is 0 Å². The van der Waals surface area contributed by atoms with Gasteiger partial charge in [-0.2, -0.15) is 10.5 Å². The van der Waals surface area contributed by atoms with Crippen molar-refractivity contribution in [1.82, 2.24) is 4.57 Å². The van der Waals surface area contributed by atoms with Crippen LogP contribution in [-0.4, -0.2) is 11.7 Å². The molecule has 0 atom stereocenters. The first kappa shape index (κ1) is 13.4. The number of rotatable bonds is 3. The molecule has 0 aliphatic heterocycles. The van der Waals surface area contributed by atoms with Crippen LogP contribution in [0.2, 0.25) is 0 Å². The lowest BCUT2D eigenvalue weighted by Crippen LogP contribution is -2.23. The van der Waals surface area contributed by atoms with Gasteiger partial charge in [0.1, 0.15) is 23.9 Å². The van der Waals surface area contributed by atoms with E-state index in [0.717, 1.165) is 5.56 Å². The first-order valence-corrected chi connectivity index (χ1v) is 5.86. The average molecular weight is 265 g/mol. The number of hydrogen-bond acceptors (Lipinski definition) is 4. The highest BCUT2D eigenvalue weighted by Crippen LogP contribution is 2.21. The maximum Gasteiger partial charge on any atom is 0.269 e. The van der Waals surface area contributed by atoms with Gasteiger partial charge < -0.3 is 4.74 Å². The van der Waals surface area contributed by atoms with Crippen LogP contribution in [-0.2, 0) is 6.54 Å². The lowest BCUT2D eigenvalue weighted by atomic mass is 10.1. The highest BCUT2D eigenvalue weighted by atomic mass is 16.5. The van der Waals surface area contributed by atoms with Crippen molar-refractivity contribution in [2.45, 2.75) is 6.54 Å². The Hall–Kier alpha value is -3.05. The van der Waals surface area contributed by atoms with Gasteiger partial charge in [-0.1, -0.05) is 0 Å². The van der Waals surface area contributed by atoms with Crippen molar-refractivity contribution < 1.29 is 4.74 Å². The van der Waals surface area contributed by atoms with Crippen LogP contribution in [0.3, 0.4) is 0 Å². The van der Waals surface area contributed by atoms with E-state index < -0.39 is 5.56 Å². The van der Waals surface area contributed by atoms with Crippen LogP contribution in [0.15, 0.2) is 41.2 Å². The zero-order chi connectivity index (χ0) is 14.5. The number of hydrogen-bond donors (Lipinski definition) is 0. The smallest absolute Gasteiger partial charge is 0.269 e. The molecule has 0 aliphatic carbocycles. The van der Waals surface area contributed by atoms with Crippen molar-refractivity contribution in [3.63, 3.8) is 0 Å². The molecule has 0 unspecified atom stereocenters. The van der Waals surface area contributed by atoms with Gasteiger partial charge in [0.05, 0.1) is 18.9 Å². The molecule has 20 heavy (non-hydrogen) atoms. The van der Waals surface area contributed by atoms with Gasteiger partial charge in [0.15, 0.2) is 0 Å². The minimum atomic E-state index is -0.456. The van der Waals surface area contributed by atoms with Gasteiger partial charge in [0.25, 0.3) is 5.56 Å². The van der Waals surface area contributed by atoms with Crippen LogP contribution in [0.4, 0.5) is 0 Å². The molecule has 2 rings (SSSR count). The number of methoxy groups -OCH3 is 1. The molecule has 5 heteroatoms. The number of ether oxygens (including phenoxy) is 1. The van der Waals surface area contributed by atoms with E-state index in [9.17, 15) is 4.79 Å². The quantitative estimate of drug-likeness (QED) is 0.849. The fourth-order valence-corrected chi connectivity index (χ4v) is 1.90. The van der Waals surface area contributed by atoms with E-state index in [1.54, 1.807) is 37.4 Å². The summed E-state index contributed by atoms with van der Waals surface area (Å²) >= 11 is 0. The van der Waals surface area contributed by atoms with E-state index >= 15 is 0 Å². The first-order valence-electron chi connectivity index (χ1n) is 5.86. The summed E-state index contributed by atoms with van der Waals surface area (Å²) in [7, 11) is 1.57. The second-order valence-electron chi connectivity index (χ2n) is 4.02. The topological polar surface area (TPSA) is 78.8 Å². The van der Waals surface area contributed by atoms with E-state index in [1.165, 1.54) is 10.6 Å². The number of nitrogens with zero attached hydrogens (tertiary/aromatic N) is 3. The second-order valence-corrected chi connectivity index (χ2v) is 4.02. The Labute approximate surface area is 115 Å². The molecule has 1 aromatic heterocycles. The summed E-state index contributed by atoms with van der Waals surface area (Å²) in [5, 5.41) is 17.7. The van der Waals surface area contributed by atoms with Crippen molar-refractivity contribution in [3.05, 3.63) is 52.3 Å². The molecule has 0 saturated heterocycles. The zero-order valence-corrected chi connectivity index (χ0v) is 10.8.